The quantitative estimate of drug-likeness (QED) is 0.335. The molecular formula is C24H26N6OS2. The second kappa shape index (κ2) is 9.52. The van der Waals surface area contributed by atoms with E-state index in [1.165, 1.54) is 17.7 Å². The zero-order valence-electron chi connectivity index (χ0n) is 18.7. The monoisotopic (exact) mass is 478 g/mol. The minimum atomic E-state index is -0.0161. The first-order chi connectivity index (χ1) is 16.1. The van der Waals surface area contributed by atoms with Crippen LogP contribution in [-0.4, -0.2) is 36.2 Å². The van der Waals surface area contributed by atoms with E-state index in [2.05, 4.69) is 42.7 Å². The van der Waals surface area contributed by atoms with Crippen LogP contribution in [0, 0.1) is 13.8 Å². The van der Waals surface area contributed by atoms with Gasteiger partial charge in [0.2, 0.25) is 5.91 Å². The van der Waals surface area contributed by atoms with Crippen LogP contribution in [0.15, 0.2) is 53.0 Å². The summed E-state index contributed by atoms with van der Waals surface area (Å²) < 4.78 is 4.15. The van der Waals surface area contributed by atoms with Crippen LogP contribution in [0.2, 0.25) is 0 Å². The molecule has 0 spiro atoms. The molecule has 3 heterocycles. The van der Waals surface area contributed by atoms with Crippen molar-refractivity contribution in [1.29, 1.82) is 0 Å². The summed E-state index contributed by atoms with van der Waals surface area (Å²) in [6.07, 6.45) is 3.56. The third kappa shape index (κ3) is 4.89. The molecule has 0 atom stereocenters. The van der Waals surface area contributed by atoms with Gasteiger partial charge in [0, 0.05) is 29.5 Å². The van der Waals surface area contributed by atoms with Crippen LogP contribution in [0.1, 0.15) is 47.4 Å². The maximum atomic E-state index is 12.7. The summed E-state index contributed by atoms with van der Waals surface area (Å²) >= 11 is 3.35. The van der Waals surface area contributed by atoms with E-state index in [1.807, 2.05) is 48.9 Å². The lowest BCUT2D eigenvalue weighted by Crippen LogP contribution is -2.14. The smallest absolute Gasteiger partial charge is 0.225 e. The number of amides is 1. The summed E-state index contributed by atoms with van der Waals surface area (Å²) in [6, 6.07) is 14.7. The van der Waals surface area contributed by atoms with Crippen molar-refractivity contribution in [2.45, 2.75) is 50.7 Å². The summed E-state index contributed by atoms with van der Waals surface area (Å²) in [4.78, 5) is 14.0. The highest BCUT2D eigenvalue weighted by atomic mass is 32.2. The fourth-order valence-corrected chi connectivity index (χ4v) is 5.54. The van der Waals surface area contributed by atoms with E-state index in [4.69, 9.17) is 0 Å². The average molecular weight is 479 g/mol. The number of anilines is 1. The van der Waals surface area contributed by atoms with Gasteiger partial charge in [-0.25, -0.2) is 4.68 Å². The molecule has 5 rings (SSSR count). The number of hydrogen-bond donors (Lipinski definition) is 1. The SMILES string of the molecule is Cc1nn(-c2ccccc2)c(C)c1NC(=O)CCSc1nnc(Cc2cccs2)n1C1CC1. The van der Waals surface area contributed by atoms with Gasteiger partial charge in [-0.2, -0.15) is 5.10 Å². The molecule has 9 heteroatoms. The van der Waals surface area contributed by atoms with Crippen molar-refractivity contribution in [2.75, 3.05) is 11.1 Å². The topological polar surface area (TPSA) is 77.6 Å². The molecule has 33 heavy (non-hydrogen) atoms. The lowest BCUT2D eigenvalue weighted by Gasteiger charge is -2.09. The summed E-state index contributed by atoms with van der Waals surface area (Å²) in [5.41, 5.74) is 3.50. The third-order valence-corrected chi connectivity index (χ3v) is 7.50. The predicted molar refractivity (Wildman–Crippen MR) is 132 cm³/mol. The summed E-state index contributed by atoms with van der Waals surface area (Å²) in [7, 11) is 0. The highest BCUT2D eigenvalue weighted by Gasteiger charge is 2.29. The minimum Gasteiger partial charge on any atom is -0.323 e. The number of aromatic nitrogens is 5. The zero-order chi connectivity index (χ0) is 22.8. The molecule has 1 aromatic carbocycles. The van der Waals surface area contributed by atoms with Crippen molar-refractivity contribution in [2.24, 2.45) is 0 Å². The average Bonchev–Trinajstić information content (AvgIpc) is 3.25. The van der Waals surface area contributed by atoms with Crippen LogP contribution < -0.4 is 5.32 Å². The van der Waals surface area contributed by atoms with Gasteiger partial charge in [-0.1, -0.05) is 36.0 Å². The Hall–Kier alpha value is -2.91. The number of nitrogens with zero attached hydrogens (tertiary/aromatic N) is 5. The van der Waals surface area contributed by atoms with Crippen LogP contribution in [0.25, 0.3) is 5.69 Å². The van der Waals surface area contributed by atoms with Crippen LogP contribution in [0.4, 0.5) is 5.69 Å². The Morgan fingerprint density at radius 3 is 2.70 bits per heavy atom. The lowest BCUT2D eigenvalue weighted by atomic mass is 10.3. The molecular weight excluding hydrogens is 452 g/mol. The zero-order valence-corrected chi connectivity index (χ0v) is 20.3. The largest absolute Gasteiger partial charge is 0.323 e. The second-order valence-electron chi connectivity index (χ2n) is 8.20. The number of nitrogens with one attached hydrogen (secondary N) is 1. The fraction of sp³-hybridized carbons (Fsp3) is 0.333. The number of rotatable bonds is 9. The van der Waals surface area contributed by atoms with E-state index in [0.29, 0.717) is 18.2 Å². The Morgan fingerprint density at radius 1 is 1.15 bits per heavy atom. The first-order valence-electron chi connectivity index (χ1n) is 11.1. The number of thiophene rings is 1. The second-order valence-corrected chi connectivity index (χ2v) is 10.3. The molecule has 0 bridgehead atoms. The third-order valence-electron chi connectivity index (χ3n) is 5.68. The van der Waals surface area contributed by atoms with Gasteiger partial charge in [-0.3, -0.25) is 4.79 Å². The number of hydrogen-bond acceptors (Lipinski definition) is 6. The molecule has 0 radical (unpaired) electrons. The number of thioether (sulfide) groups is 1. The van der Waals surface area contributed by atoms with Crippen molar-refractivity contribution in [3.63, 3.8) is 0 Å². The van der Waals surface area contributed by atoms with E-state index in [9.17, 15) is 4.79 Å². The molecule has 4 aromatic rings. The van der Waals surface area contributed by atoms with E-state index < -0.39 is 0 Å². The number of carbonyl (C=O) groups excluding carboxylic acids is 1. The minimum absolute atomic E-state index is 0.0161. The number of aryl methyl sites for hydroxylation is 1. The predicted octanol–water partition coefficient (Wildman–Crippen LogP) is 5.19. The molecule has 0 aliphatic heterocycles. The number of para-hydroxylation sites is 1. The Morgan fingerprint density at radius 2 is 1.97 bits per heavy atom. The Balaban J connectivity index is 1.21. The normalized spacial score (nSPS) is 13.4. The molecule has 1 amide bonds. The summed E-state index contributed by atoms with van der Waals surface area (Å²) in [6.45, 7) is 3.90. The van der Waals surface area contributed by atoms with E-state index >= 15 is 0 Å². The van der Waals surface area contributed by atoms with Crippen molar-refractivity contribution < 1.29 is 4.79 Å². The van der Waals surface area contributed by atoms with Gasteiger partial charge >= 0.3 is 0 Å². The van der Waals surface area contributed by atoms with Crippen molar-refractivity contribution in [3.8, 4) is 5.69 Å². The van der Waals surface area contributed by atoms with Gasteiger partial charge in [0.15, 0.2) is 5.16 Å². The first kappa shape index (κ1) is 21.9. The summed E-state index contributed by atoms with van der Waals surface area (Å²) in [5, 5.41) is 19.6. The highest BCUT2D eigenvalue weighted by Crippen LogP contribution is 2.39. The molecule has 170 valence electrons. The molecule has 7 nitrogen and oxygen atoms in total. The van der Waals surface area contributed by atoms with Crippen LogP contribution >= 0.6 is 23.1 Å². The standard InChI is InChI=1S/C24H26N6OS2/c1-16-23(17(2)30(28-16)19-7-4-3-5-8-19)25-22(31)12-14-33-24-27-26-21(29(24)18-10-11-18)15-20-9-6-13-32-20/h3-9,13,18H,10-12,14-15H2,1-2H3,(H,25,31). The van der Waals surface area contributed by atoms with E-state index in [0.717, 1.165) is 40.2 Å². The van der Waals surface area contributed by atoms with Crippen molar-refractivity contribution in [3.05, 3.63) is 69.9 Å². The molecule has 1 aliphatic carbocycles. The van der Waals surface area contributed by atoms with Crippen molar-refractivity contribution >= 4 is 34.7 Å². The molecule has 0 unspecified atom stereocenters. The van der Waals surface area contributed by atoms with Crippen LogP contribution in [0.5, 0.6) is 0 Å². The lowest BCUT2D eigenvalue weighted by molar-refractivity contribution is -0.115. The molecule has 1 fully saturated rings. The van der Waals surface area contributed by atoms with Gasteiger partial charge in [-0.05, 0) is 50.3 Å². The Labute approximate surface area is 201 Å². The first-order valence-corrected chi connectivity index (χ1v) is 13.0. The van der Waals surface area contributed by atoms with E-state index in [-0.39, 0.29) is 5.91 Å². The van der Waals surface area contributed by atoms with Gasteiger partial charge < -0.3 is 9.88 Å². The molecule has 3 aromatic heterocycles. The van der Waals surface area contributed by atoms with Gasteiger partial charge in [-0.15, -0.1) is 21.5 Å². The fourth-order valence-electron chi connectivity index (χ4n) is 3.88. The van der Waals surface area contributed by atoms with Gasteiger partial charge in [0.25, 0.3) is 0 Å². The molecule has 1 N–H and O–H groups in total. The van der Waals surface area contributed by atoms with Gasteiger partial charge in [0.05, 0.1) is 22.8 Å². The maximum absolute atomic E-state index is 12.7. The van der Waals surface area contributed by atoms with Gasteiger partial charge in [0.1, 0.15) is 5.82 Å². The Kier molecular flexibility index (Phi) is 6.32. The van der Waals surface area contributed by atoms with Crippen LogP contribution in [-0.2, 0) is 11.2 Å². The Bertz CT molecular complexity index is 1240. The summed E-state index contributed by atoms with van der Waals surface area (Å²) in [5.74, 6) is 1.66. The van der Waals surface area contributed by atoms with E-state index in [1.54, 1.807) is 23.1 Å². The van der Waals surface area contributed by atoms with Crippen LogP contribution in [0.3, 0.4) is 0 Å². The highest BCUT2D eigenvalue weighted by molar-refractivity contribution is 7.99. The number of carbonyl (C=O) groups is 1. The maximum Gasteiger partial charge on any atom is 0.225 e. The molecule has 1 saturated carbocycles. The van der Waals surface area contributed by atoms with Crippen molar-refractivity contribution in [1.82, 2.24) is 24.5 Å². The number of benzene rings is 1. The molecule has 0 saturated heterocycles. The molecule has 1 aliphatic rings.